The number of fused-ring (bicyclic) bond motifs is 2. The van der Waals surface area contributed by atoms with Crippen LogP contribution in [0.3, 0.4) is 0 Å². The smallest absolute Gasteiger partial charge is 0.263 e. The van der Waals surface area contributed by atoms with Crippen LogP contribution in [-0.2, 0) is 10.2 Å². The lowest BCUT2D eigenvalue weighted by Crippen LogP contribution is -2.44. The van der Waals surface area contributed by atoms with E-state index >= 15 is 0 Å². The van der Waals surface area contributed by atoms with E-state index in [4.69, 9.17) is 4.74 Å². The number of benzene rings is 1. The fraction of sp³-hybridized carbons (Fsp3) is 0.650. The first kappa shape index (κ1) is 17.3. The summed E-state index contributed by atoms with van der Waals surface area (Å²) >= 11 is 0. The van der Waals surface area contributed by atoms with Crippen molar-refractivity contribution in [1.29, 1.82) is 0 Å². The van der Waals surface area contributed by atoms with Crippen LogP contribution in [0.2, 0.25) is 0 Å². The van der Waals surface area contributed by atoms with Gasteiger partial charge in [0.1, 0.15) is 5.75 Å². The molecule has 2 fully saturated rings. The second kappa shape index (κ2) is 6.75. The Balaban J connectivity index is 1.59. The molecule has 0 spiro atoms. The maximum absolute atomic E-state index is 12.7. The molecule has 2 aliphatic rings. The van der Waals surface area contributed by atoms with Crippen molar-refractivity contribution in [1.82, 2.24) is 10.2 Å². The lowest BCUT2D eigenvalue weighted by molar-refractivity contribution is -0.138. The van der Waals surface area contributed by atoms with Crippen LogP contribution in [0, 0.1) is 0 Å². The molecular formula is C20H30N2O2. The summed E-state index contributed by atoms with van der Waals surface area (Å²) in [6.45, 7) is 10.1. The molecule has 4 nitrogen and oxygen atoms in total. The van der Waals surface area contributed by atoms with Gasteiger partial charge >= 0.3 is 0 Å². The molecule has 1 aromatic carbocycles. The first-order valence-corrected chi connectivity index (χ1v) is 9.15. The summed E-state index contributed by atoms with van der Waals surface area (Å²) < 4.78 is 5.91. The van der Waals surface area contributed by atoms with Crippen LogP contribution in [0.5, 0.6) is 5.75 Å². The van der Waals surface area contributed by atoms with Crippen LogP contribution in [0.15, 0.2) is 24.3 Å². The number of hydrogen-bond donors (Lipinski definition) is 1. The summed E-state index contributed by atoms with van der Waals surface area (Å²) in [5.41, 5.74) is 1.39. The minimum absolute atomic E-state index is 0.101. The van der Waals surface area contributed by atoms with Gasteiger partial charge in [-0.25, -0.2) is 0 Å². The first-order chi connectivity index (χ1) is 11.3. The average Bonchev–Trinajstić information content (AvgIpc) is 2.85. The number of rotatable bonds is 3. The summed E-state index contributed by atoms with van der Waals surface area (Å²) in [5, 5.41) is 3.61. The third-order valence-electron chi connectivity index (χ3n) is 5.22. The molecule has 1 aromatic rings. The van der Waals surface area contributed by atoms with E-state index in [1.165, 1.54) is 18.4 Å². The first-order valence-electron chi connectivity index (χ1n) is 9.15. The number of ether oxygens (including phenoxy) is 1. The topological polar surface area (TPSA) is 41.6 Å². The highest BCUT2D eigenvalue weighted by atomic mass is 16.5. The molecule has 1 amide bonds. The number of hydrogen-bond acceptors (Lipinski definition) is 3. The molecule has 3 atom stereocenters. The molecular weight excluding hydrogens is 300 g/mol. The van der Waals surface area contributed by atoms with E-state index in [2.05, 4.69) is 38.2 Å². The van der Waals surface area contributed by atoms with Crippen molar-refractivity contribution in [3.05, 3.63) is 29.8 Å². The Morgan fingerprint density at radius 2 is 1.83 bits per heavy atom. The Morgan fingerprint density at radius 3 is 2.50 bits per heavy atom. The third kappa shape index (κ3) is 3.92. The molecule has 0 aliphatic carbocycles. The van der Waals surface area contributed by atoms with Gasteiger partial charge in [0.05, 0.1) is 0 Å². The molecule has 2 aliphatic heterocycles. The van der Waals surface area contributed by atoms with E-state index in [9.17, 15) is 4.79 Å². The second-order valence-corrected chi connectivity index (χ2v) is 8.25. The van der Waals surface area contributed by atoms with E-state index in [1.54, 1.807) is 0 Å². The van der Waals surface area contributed by atoms with Crippen LogP contribution in [0.1, 0.15) is 52.5 Å². The van der Waals surface area contributed by atoms with Crippen LogP contribution in [0.25, 0.3) is 0 Å². The Morgan fingerprint density at radius 1 is 1.17 bits per heavy atom. The summed E-state index contributed by atoms with van der Waals surface area (Å²) in [6, 6.07) is 9.16. The van der Waals surface area contributed by atoms with Gasteiger partial charge in [0, 0.05) is 25.2 Å². The standard InChI is InChI=1S/C20H30N2O2/c1-14(24-18-9-5-15(6-10-18)20(2,3)4)19(23)22-12-11-16-7-8-17(13-22)21-16/h5-6,9-10,14,16-17,21H,7-8,11-13H2,1-4H3. The van der Waals surface area contributed by atoms with Gasteiger partial charge < -0.3 is 15.0 Å². The van der Waals surface area contributed by atoms with E-state index in [0.717, 1.165) is 25.3 Å². The molecule has 3 rings (SSSR count). The predicted octanol–water partition coefficient (Wildman–Crippen LogP) is 3.10. The van der Waals surface area contributed by atoms with Crippen LogP contribution >= 0.6 is 0 Å². The van der Waals surface area contributed by atoms with Crippen molar-refractivity contribution < 1.29 is 9.53 Å². The maximum atomic E-state index is 12.7. The monoisotopic (exact) mass is 330 g/mol. The molecule has 2 heterocycles. The zero-order chi connectivity index (χ0) is 17.3. The normalized spacial score (nSPS) is 25.2. The van der Waals surface area contributed by atoms with E-state index in [-0.39, 0.29) is 11.3 Å². The van der Waals surface area contributed by atoms with E-state index in [1.807, 2.05) is 24.0 Å². The quantitative estimate of drug-likeness (QED) is 0.926. The van der Waals surface area contributed by atoms with Crippen LogP contribution < -0.4 is 10.1 Å². The zero-order valence-electron chi connectivity index (χ0n) is 15.3. The predicted molar refractivity (Wildman–Crippen MR) is 96.4 cm³/mol. The molecule has 0 radical (unpaired) electrons. The van der Waals surface area contributed by atoms with Crippen molar-refractivity contribution in [3.8, 4) is 5.75 Å². The minimum atomic E-state index is -0.442. The van der Waals surface area contributed by atoms with Gasteiger partial charge in [-0.15, -0.1) is 0 Å². The SMILES string of the molecule is CC(Oc1ccc(C(C)(C)C)cc1)C(=O)N1CCC2CCC(C1)N2. The van der Waals surface area contributed by atoms with Gasteiger partial charge in [0.2, 0.25) is 0 Å². The van der Waals surface area contributed by atoms with Gasteiger partial charge in [0.15, 0.2) is 6.10 Å². The minimum Gasteiger partial charge on any atom is -0.481 e. The van der Waals surface area contributed by atoms with E-state index in [0.29, 0.717) is 12.1 Å². The molecule has 3 unspecified atom stereocenters. The fourth-order valence-corrected chi connectivity index (χ4v) is 3.69. The van der Waals surface area contributed by atoms with Gasteiger partial charge in [-0.05, 0) is 49.3 Å². The number of nitrogens with one attached hydrogen (secondary N) is 1. The van der Waals surface area contributed by atoms with Crippen molar-refractivity contribution >= 4 is 5.91 Å². The summed E-state index contributed by atoms with van der Waals surface area (Å²) in [5.74, 6) is 0.863. The lowest BCUT2D eigenvalue weighted by Gasteiger charge is -2.27. The number of nitrogens with zero attached hydrogens (tertiary/aromatic N) is 1. The van der Waals surface area contributed by atoms with Crippen molar-refractivity contribution in [2.24, 2.45) is 0 Å². The van der Waals surface area contributed by atoms with Gasteiger partial charge in [-0.3, -0.25) is 4.79 Å². The molecule has 4 heteroatoms. The Hall–Kier alpha value is -1.55. The molecule has 24 heavy (non-hydrogen) atoms. The third-order valence-corrected chi connectivity index (χ3v) is 5.22. The molecule has 132 valence electrons. The number of carbonyl (C=O) groups excluding carboxylic acids is 1. The Labute approximate surface area is 145 Å². The van der Waals surface area contributed by atoms with Crippen LogP contribution in [-0.4, -0.2) is 42.1 Å². The molecule has 2 saturated heterocycles. The summed E-state index contributed by atoms with van der Waals surface area (Å²) in [4.78, 5) is 14.7. The Kier molecular flexibility index (Phi) is 4.86. The molecule has 2 bridgehead atoms. The second-order valence-electron chi connectivity index (χ2n) is 8.25. The number of amides is 1. The van der Waals surface area contributed by atoms with Gasteiger partial charge in [0.25, 0.3) is 5.91 Å². The van der Waals surface area contributed by atoms with Gasteiger partial charge in [-0.1, -0.05) is 32.9 Å². The van der Waals surface area contributed by atoms with Crippen molar-refractivity contribution in [2.75, 3.05) is 13.1 Å². The van der Waals surface area contributed by atoms with Crippen molar-refractivity contribution in [2.45, 2.75) is 70.6 Å². The maximum Gasteiger partial charge on any atom is 0.263 e. The highest BCUT2D eigenvalue weighted by molar-refractivity contribution is 5.81. The Bertz CT molecular complexity index is 576. The van der Waals surface area contributed by atoms with Crippen LogP contribution in [0.4, 0.5) is 0 Å². The molecule has 0 saturated carbocycles. The highest BCUT2D eigenvalue weighted by Crippen LogP contribution is 2.25. The summed E-state index contributed by atoms with van der Waals surface area (Å²) in [6.07, 6.45) is 3.04. The van der Waals surface area contributed by atoms with Crippen molar-refractivity contribution in [3.63, 3.8) is 0 Å². The average molecular weight is 330 g/mol. The molecule has 1 N–H and O–H groups in total. The van der Waals surface area contributed by atoms with E-state index < -0.39 is 6.10 Å². The van der Waals surface area contributed by atoms with Gasteiger partial charge in [-0.2, -0.15) is 0 Å². The zero-order valence-corrected chi connectivity index (χ0v) is 15.3. The fourth-order valence-electron chi connectivity index (χ4n) is 3.69. The lowest BCUT2D eigenvalue weighted by atomic mass is 9.87. The number of carbonyl (C=O) groups is 1. The number of likely N-dealkylation sites (tertiary alicyclic amines) is 1. The molecule has 0 aromatic heterocycles. The largest absolute Gasteiger partial charge is 0.481 e. The highest BCUT2D eigenvalue weighted by Gasteiger charge is 2.33. The summed E-state index contributed by atoms with van der Waals surface area (Å²) in [7, 11) is 0.